The van der Waals surface area contributed by atoms with Gasteiger partial charge in [-0.25, -0.2) is 4.98 Å². The average molecular weight is 440 g/mol. The summed E-state index contributed by atoms with van der Waals surface area (Å²) < 4.78 is 1.42. The summed E-state index contributed by atoms with van der Waals surface area (Å²) >= 11 is 6.08. The number of halogens is 1. The van der Waals surface area contributed by atoms with Crippen molar-refractivity contribution in [2.24, 2.45) is 0 Å². The third kappa shape index (κ3) is 6.07. The Balaban J connectivity index is 1.81. The van der Waals surface area contributed by atoms with Crippen LogP contribution >= 0.6 is 11.6 Å². The minimum atomic E-state index is -0.157. The number of allylic oxidation sites excluding steroid dienone is 4. The van der Waals surface area contributed by atoms with Crippen LogP contribution in [0.1, 0.15) is 57.1 Å². The number of rotatable bonds is 8. The summed E-state index contributed by atoms with van der Waals surface area (Å²) in [6, 6.07) is 7.31. The molecular formula is C24H30ClN5O. The fourth-order valence-electron chi connectivity index (χ4n) is 3.37. The van der Waals surface area contributed by atoms with Gasteiger partial charge in [0.1, 0.15) is 5.82 Å². The lowest BCUT2D eigenvalue weighted by Gasteiger charge is -2.09. The van der Waals surface area contributed by atoms with Crippen LogP contribution in [-0.4, -0.2) is 26.1 Å². The maximum atomic E-state index is 12.6. The number of nitrogens with zero attached hydrogens (tertiary/aromatic N) is 3. The molecule has 1 unspecified atom stereocenters. The predicted octanol–water partition coefficient (Wildman–Crippen LogP) is 5.44. The highest BCUT2D eigenvalue weighted by molar-refractivity contribution is 6.30. The van der Waals surface area contributed by atoms with Crippen molar-refractivity contribution in [3.8, 4) is 0 Å². The summed E-state index contributed by atoms with van der Waals surface area (Å²) in [5.74, 6) is 1.21. The van der Waals surface area contributed by atoms with Crippen LogP contribution in [0.2, 0.25) is 5.02 Å². The molecule has 3 aromatic rings. The van der Waals surface area contributed by atoms with Gasteiger partial charge in [0.05, 0.1) is 5.69 Å². The van der Waals surface area contributed by atoms with Gasteiger partial charge in [-0.05, 0) is 58.7 Å². The number of anilines is 1. The van der Waals surface area contributed by atoms with Crippen LogP contribution < -0.4 is 10.9 Å². The minimum absolute atomic E-state index is 0.0666. The molecule has 1 atom stereocenters. The molecule has 2 aromatic heterocycles. The van der Waals surface area contributed by atoms with E-state index >= 15 is 0 Å². The largest absolute Gasteiger partial charge is 0.384 e. The predicted molar refractivity (Wildman–Crippen MR) is 128 cm³/mol. The molecule has 6 nitrogen and oxygen atoms in total. The molecule has 7 heteroatoms. The molecule has 31 heavy (non-hydrogen) atoms. The van der Waals surface area contributed by atoms with Crippen LogP contribution in [0.15, 0.2) is 52.4 Å². The Kier molecular flexibility index (Phi) is 7.33. The Morgan fingerprint density at radius 1 is 1.19 bits per heavy atom. The molecule has 2 heterocycles. The standard InChI is InChI=1S/C24H30ClN5O/c1-15(2)6-8-18(12-16(3)4)23-28-24-27-20(14-22(31)30(24)29-23)10-11-26-21-13-19(25)9-7-17(21)5/h6-7,9,12-14,18,26H,8,10-11H2,1-5H3,(H,27,28,29). The van der Waals surface area contributed by atoms with Gasteiger partial charge in [0, 0.05) is 35.7 Å². The Labute approximate surface area is 188 Å². The molecule has 3 rings (SSSR count). The highest BCUT2D eigenvalue weighted by Gasteiger charge is 2.15. The molecule has 0 amide bonds. The van der Waals surface area contributed by atoms with E-state index in [2.05, 4.69) is 60.2 Å². The van der Waals surface area contributed by atoms with Gasteiger partial charge in [-0.3, -0.25) is 9.89 Å². The molecular weight excluding hydrogens is 410 g/mol. The summed E-state index contributed by atoms with van der Waals surface area (Å²) in [7, 11) is 0. The zero-order valence-electron chi connectivity index (χ0n) is 18.8. The minimum Gasteiger partial charge on any atom is -0.384 e. The van der Waals surface area contributed by atoms with E-state index in [4.69, 9.17) is 11.6 Å². The van der Waals surface area contributed by atoms with Crippen LogP contribution in [0, 0.1) is 6.92 Å². The van der Waals surface area contributed by atoms with Crippen molar-refractivity contribution in [2.45, 2.75) is 53.4 Å². The van der Waals surface area contributed by atoms with Gasteiger partial charge < -0.3 is 5.32 Å². The monoisotopic (exact) mass is 439 g/mol. The zero-order chi connectivity index (χ0) is 22.5. The third-order valence-electron chi connectivity index (χ3n) is 4.96. The maximum Gasteiger partial charge on any atom is 0.274 e. The lowest BCUT2D eigenvalue weighted by molar-refractivity contribution is 0.754. The van der Waals surface area contributed by atoms with Gasteiger partial charge in [0.2, 0.25) is 0 Å². The van der Waals surface area contributed by atoms with Crippen molar-refractivity contribution in [3.63, 3.8) is 0 Å². The first-order valence-corrected chi connectivity index (χ1v) is 10.9. The first kappa shape index (κ1) is 22.8. The fourth-order valence-corrected chi connectivity index (χ4v) is 3.54. The smallest absolute Gasteiger partial charge is 0.274 e. The zero-order valence-corrected chi connectivity index (χ0v) is 19.5. The Morgan fingerprint density at radius 3 is 2.68 bits per heavy atom. The first-order chi connectivity index (χ1) is 14.7. The second-order valence-corrected chi connectivity index (χ2v) is 8.77. The van der Waals surface area contributed by atoms with Crippen molar-refractivity contribution in [1.82, 2.24) is 19.6 Å². The second-order valence-electron chi connectivity index (χ2n) is 8.33. The number of aromatic amines is 1. The van der Waals surface area contributed by atoms with Gasteiger partial charge in [-0.15, -0.1) is 0 Å². The number of fused-ring (bicyclic) bond motifs is 1. The SMILES string of the molecule is CC(C)=CCC(C=C(C)C)c1nc2nc(CCNc3cc(Cl)ccc3C)cc(=O)n2[nH]1. The molecule has 0 bridgehead atoms. The van der Waals surface area contributed by atoms with E-state index in [1.165, 1.54) is 15.7 Å². The van der Waals surface area contributed by atoms with E-state index in [1.807, 2.05) is 25.1 Å². The topological polar surface area (TPSA) is 75.1 Å². The van der Waals surface area contributed by atoms with E-state index in [0.29, 0.717) is 29.5 Å². The van der Waals surface area contributed by atoms with Gasteiger partial charge in [-0.2, -0.15) is 9.50 Å². The number of benzene rings is 1. The van der Waals surface area contributed by atoms with Gasteiger partial charge in [0.25, 0.3) is 11.3 Å². The number of H-pyrrole nitrogens is 1. The average Bonchev–Trinajstić information content (AvgIpc) is 3.12. The summed E-state index contributed by atoms with van der Waals surface area (Å²) in [4.78, 5) is 21.9. The van der Waals surface area contributed by atoms with Crippen LogP contribution in [-0.2, 0) is 6.42 Å². The highest BCUT2D eigenvalue weighted by atomic mass is 35.5. The molecule has 0 spiro atoms. The molecule has 0 aliphatic heterocycles. The molecule has 0 fully saturated rings. The molecule has 1 aromatic carbocycles. The lowest BCUT2D eigenvalue weighted by atomic mass is 10.0. The van der Waals surface area contributed by atoms with Crippen molar-refractivity contribution in [1.29, 1.82) is 0 Å². The molecule has 0 saturated carbocycles. The van der Waals surface area contributed by atoms with E-state index in [-0.39, 0.29) is 11.5 Å². The molecule has 2 N–H and O–H groups in total. The van der Waals surface area contributed by atoms with Crippen molar-refractivity contribution >= 4 is 23.1 Å². The fraction of sp³-hybridized carbons (Fsp3) is 0.375. The molecule has 0 saturated heterocycles. The number of aryl methyl sites for hydroxylation is 1. The van der Waals surface area contributed by atoms with Crippen LogP contribution in [0.3, 0.4) is 0 Å². The third-order valence-corrected chi connectivity index (χ3v) is 5.20. The van der Waals surface area contributed by atoms with Gasteiger partial charge in [0.15, 0.2) is 0 Å². The Morgan fingerprint density at radius 2 is 1.97 bits per heavy atom. The van der Waals surface area contributed by atoms with Gasteiger partial charge in [-0.1, -0.05) is 41.0 Å². The Hall–Kier alpha value is -2.86. The van der Waals surface area contributed by atoms with E-state index < -0.39 is 0 Å². The summed E-state index contributed by atoms with van der Waals surface area (Å²) in [5, 5.41) is 7.20. The number of hydrogen-bond acceptors (Lipinski definition) is 4. The number of hydrogen-bond donors (Lipinski definition) is 2. The highest BCUT2D eigenvalue weighted by Crippen LogP contribution is 2.22. The van der Waals surface area contributed by atoms with Crippen molar-refractivity contribution < 1.29 is 0 Å². The maximum absolute atomic E-state index is 12.6. The summed E-state index contributed by atoms with van der Waals surface area (Å²) in [6.07, 6.45) is 5.77. The molecule has 164 valence electrons. The normalized spacial score (nSPS) is 11.9. The van der Waals surface area contributed by atoms with Crippen molar-refractivity contribution in [3.05, 3.63) is 80.0 Å². The summed E-state index contributed by atoms with van der Waals surface area (Å²) in [5.41, 5.74) is 5.11. The van der Waals surface area contributed by atoms with Crippen LogP contribution in [0.25, 0.3) is 5.78 Å². The number of aromatic nitrogens is 4. The van der Waals surface area contributed by atoms with E-state index in [9.17, 15) is 4.79 Å². The van der Waals surface area contributed by atoms with Gasteiger partial charge >= 0.3 is 0 Å². The first-order valence-electron chi connectivity index (χ1n) is 10.5. The van der Waals surface area contributed by atoms with E-state index in [1.54, 1.807) is 6.07 Å². The Bertz CT molecular complexity index is 1180. The second kappa shape index (κ2) is 9.96. The molecule has 0 aliphatic carbocycles. The summed E-state index contributed by atoms with van der Waals surface area (Å²) in [6.45, 7) is 11.0. The van der Waals surface area contributed by atoms with Crippen LogP contribution in [0.5, 0.6) is 0 Å². The number of nitrogens with one attached hydrogen (secondary N) is 2. The van der Waals surface area contributed by atoms with Crippen LogP contribution in [0.4, 0.5) is 5.69 Å². The molecule has 0 aliphatic rings. The quantitative estimate of drug-likeness (QED) is 0.458. The van der Waals surface area contributed by atoms with Crippen molar-refractivity contribution in [2.75, 3.05) is 11.9 Å². The molecule has 0 radical (unpaired) electrons. The van der Waals surface area contributed by atoms with E-state index in [0.717, 1.165) is 23.5 Å². The lowest BCUT2D eigenvalue weighted by Crippen LogP contribution is -2.17.